The maximum absolute atomic E-state index is 5.94. The van der Waals surface area contributed by atoms with Crippen molar-refractivity contribution in [3.05, 3.63) is 65.9 Å². The highest BCUT2D eigenvalue weighted by molar-refractivity contribution is 7.80. The van der Waals surface area contributed by atoms with Gasteiger partial charge in [0.15, 0.2) is 5.11 Å². The fraction of sp³-hybridized carbons (Fsp3) is 0.375. The molecule has 0 spiro atoms. The number of rotatable bonds is 7. The third-order valence-corrected chi connectivity index (χ3v) is 5.87. The fourth-order valence-corrected chi connectivity index (χ4v) is 4.27. The molecule has 5 heteroatoms. The van der Waals surface area contributed by atoms with E-state index in [1.165, 1.54) is 48.6 Å². The molecule has 152 valence electrons. The molecular formula is C24H29N3OS. The number of ether oxygens (including phenoxy) is 1. The maximum atomic E-state index is 5.94. The van der Waals surface area contributed by atoms with Crippen LogP contribution in [-0.2, 0) is 13.0 Å². The van der Waals surface area contributed by atoms with Gasteiger partial charge in [0.05, 0.1) is 0 Å². The topological polar surface area (TPSA) is 49.1 Å². The number of nitrogens with one attached hydrogen (secondary N) is 3. The summed E-state index contributed by atoms with van der Waals surface area (Å²) in [6.07, 6.45) is 9.47. The summed E-state index contributed by atoms with van der Waals surface area (Å²) in [5.41, 5.74) is 3.57. The molecule has 29 heavy (non-hydrogen) atoms. The van der Waals surface area contributed by atoms with Crippen molar-refractivity contribution in [3.63, 3.8) is 0 Å². The molecule has 0 unspecified atom stereocenters. The Hall–Kier alpha value is -2.53. The minimum Gasteiger partial charge on any atom is -0.489 e. The highest BCUT2D eigenvalue weighted by atomic mass is 32.1. The summed E-state index contributed by atoms with van der Waals surface area (Å²) in [4.78, 5) is 3.37. The van der Waals surface area contributed by atoms with Gasteiger partial charge in [0.25, 0.3) is 0 Å². The summed E-state index contributed by atoms with van der Waals surface area (Å²) in [6, 6.07) is 17.0. The van der Waals surface area contributed by atoms with Gasteiger partial charge in [-0.2, -0.15) is 0 Å². The quantitative estimate of drug-likeness (QED) is 0.478. The molecule has 4 rings (SSSR count). The number of aromatic amines is 1. The van der Waals surface area contributed by atoms with Crippen LogP contribution >= 0.6 is 12.2 Å². The van der Waals surface area contributed by atoms with E-state index in [0.717, 1.165) is 29.3 Å². The van der Waals surface area contributed by atoms with Gasteiger partial charge in [-0.3, -0.25) is 0 Å². The Kier molecular flexibility index (Phi) is 6.67. The molecule has 0 aliphatic heterocycles. The zero-order valence-electron chi connectivity index (χ0n) is 16.7. The van der Waals surface area contributed by atoms with Crippen molar-refractivity contribution in [2.45, 2.75) is 51.2 Å². The second-order valence-corrected chi connectivity index (χ2v) is 8.19. The lowest BCUT2D eigenvalue weighted by Crippen LogP contribution is -2.43. The third-order valence-electron chi connectivity index (χ3n) is 5.61. The van der Waals surface area contributed by atoms with Crippen LogP contribution in [0.1, 0.15) is 43.2 Å². The Morgan fingerprint density at radius 1 is 1.07 bits per heavy atom. The average molecular weight is 408 g/mol. The Morgan fingerprint density at radius 2 is 1.90 bits per heavy atom. The molecule has 0 saturated heterocycles. The molecule has 0 atom stereocenters. The predicted octanol–water partition coefficient (Wildman–Crippen LogP) is 5.09. The van der Waals surface area contributed by atoms with E-state index in [1.54, 1.807) is 0 Å². The molecule has 1 aliphatic rings. The van der Waals surface area contributed by atoms with E-state index in [2.05, 4.69) is 46.1 Å². The molecule has 0 bridgehead atoms. The van der Waals surface area contributed by atoms with Crippen LogP contribution in [0.25, 0.3) is 10.9 Å². The van der Waals surface area contributed by atoms with Gasteiger partial charge in [0.2, 0.25) is 0 Å². The lowest BCUT2D eigenvalue weighted by molar-refractivity contribution is 0.306. The van der Waals surface area contributed by atoms with Crippen LogP contribution in [-0.4, -0.2) is 22.7 Å². The van der Waals surface area contributed by atoms with Crippen molar-refractivity contribution >= 4 is 28.2 Å². The number of thiocarbonyl (C=S) groups is 1. The number of benzene rings is 2. The third kappa shape index (κ3) is 5.51. The van der Waals surface area contributed by atoms with E-state index in [9.17, 15) is 0 Å². The minimum atomic E-state index is 0.547. The summed E-state index contributed by atoms with van der Waals surface area (Å²) in [5.74, 6) is 0.880. The number of H-pyrrole nitrogens is 1. The Morgan fingerprint density at radius 3 is 2.72 bits per heavy atom. The van der Waals surface area contributed by atoms with Gasteiger partial charge in [-0.25, -0.2) is 0 Å². The number of fused-ring (bicyclic) bond motifs is 1. The fourth-order valence-electron chi connectivity index (χ4n) is 4.00. The highest BCUT2D eigenvalue weighted by Gasteiger charge is 2.13. The molecule has 3 aromatic rings. The molecule has 1 fully saturated rings. The van der Waals surface area contributed by atoms with Crippen molar-refractivity contribution in [2.24, 2.45) is 0 Å². The van der Waals surface area contributed by atoms with Crippen molar-refractivity contribution in [1.82, 2.24) is 15.6 Å². The Labute approximate surface area is 178 Å². The lowest BCUT2D eigenvalue weighted by Gasteiger charge is -2.24. The molecule has 2 aromatic carbocycles. The second kappa shape index (κ2) is 9.79. The number of hydrogen-bond acceptors (Lipinski definition) is 2. The van der Waals surface area contributed by atoms with Crippen LogP contribution in [0.5, 0.6) is 5.75 Å². The van der Waals surface area contributed by atoms with E-state index >= 15 is 0 Å². The normalized spacial score (nSPS) is 14.6. The first-order valence-corrected chi connectivity index (χ1v) is 11.0. The van der Waals surface area contributed by atoms with Crippen LogP contribution in [0, 0.1) is 0 Å². The standard InChI is InChI=1S/C24H29N3OS/c29-24(27-20-9-5-2-6-10-20)25-14-13-19-16-26-23-15-21(11-12-22(19)23)28-17-18-7-3-1-4-8-18/h1,3-4,7-8,11-12,15-16,20,26H,2,5-6,9-10,13-14,17H2,(H2,25,27,29). The first kappa shape index (κ1) is 19.8. The van der Waals surface area contributed by atoms with Crippen molar-refractivity contribution in [3.8, 4) is 5.75 Å². The molecule has 0 amide bonds. The van der Waals surface area contributed by atoms with Crippen LogP contribution in [0.3, 0.4) is 0 Å². The predicted molar refractivity (Wildman–Crippen MR) is 123 cm³/mol. The summed E-state index contributed by atoms with van der Waals surface area (Å²) >= 11 is 5.47. The second-order valence-electron chi connectivity index (χ2n) is 7.78. The summed E-state index contributed by atoms with van der Waals surface area (Å²) < 4.78 is 5.94. The summed E-state index contributed by atoms with van der Waals surface area (Å²) in [5, 5.41) is 8.86. The van der Waals surface area contributed by atoms with Gasteiger partial charge in [-0.15, -0.1) is 0 Å². The zero-order valence-corrected chi connectivity index (χ0v) is 17.6. The SMILES string of the molecule is S=C(NCCc1c[nH]c2cc(OCc3ccccc3)ccc12)NC1CCCCC1. The van der Waals surface area contributed by atoms with Crippen LogP contribution in [0.2, 0.25) is 0 Å². The van der Waals surface area contributed by atoms with Gasteiger partial charge in [-0.1, -0.05) is 49.6 Å². The smallest absolute Gasteiger partial charge is 0.166 e. The van der Waals surface area contributed by atoms with Crippen LogP contribution in [0.4, 0.5) is 0 Å². The van der Waals surface area contributed by atoms with E-state index in [1.807, 2.05) is 24.3 Å². The lowest BCUT2D eigenvalue weighted by atomic mass is 9.96. The van der Waals surface area contributed by atoms with E-state index in [-0.39, 0.29) is 0 Å². The van der Waals surface area contributed by atoms with Crippen LogP contribution in [0.15, 0.2) is 54.7 Å². The molecule has 1 heterocycles. The van der Waals surface area contributed by atoms with E-state index in [4.69, 9.17) is 17.0 Å². The van der Waals surface area contributed by atoms with Crippen molar-refractivity contribution < 1.29 is 4.74 Å². The van der Waals surface area contributed by atoms with Crippen LogP contribution < -0.4 is 15.4 Å². The van der Waals surface area contributed by atoms with Gasteiger partial charge in [0.1, 0.15) is 12.4 Å². The van der Waals surface area contributed by atoms with E-state index < -0.39 is 0 Å². The minimum absolute atomic E-state index is 0.547. The van der Waals surface area contributed by atoms with Gasteiger partial charge in [0, 0.05) is 35.8 Å². The largest absolute Gasteiger partial charge is 0.489 e. The highest BCUT2D eigenvalue weighted by Crippen LogP contribution is 2.24. The molecule has 1 aromatic heterocycles. The molecule has 0 radical (unpaired) electrons. The number of aromatic nitrogens is 1. The monoisotopic (exact) mass is 407 g/mol. The van der Waals surface area contributed by atoms with Crippen molar-refractivity contribution in [2.75, 3.05) is 6.54 Å². The molecule has 1 saturated carbocycles. The average Bonchev–Trinajstić information content (AvgIpc) is 3.16. The first-order valence-electron chi connectivity index (χ1n) is 10.6. The number of hydrogen-bond donors (Lipinski definition) is 3. The maximum Gasteiger partial charge on any atom is 0.166 e. The molecular weight excluding hydrogens is 378 g/mol. The van der Waals surface area contributed by atoms with E-state index in [0.29, 0.717) is 12.6 Å². The summed E-state index contributed by atoms with van der Waals surface area (Å²) in [7, 11) is 0. The van der Waals surface area contributed by atoms with Gasteiger partial charge < -0.3 is 20.4 Å². The summed E-state index contributed by atoms with van der Waals surface area (Å²) in [6.45, 7) is 1.41. The molecule has 1 aliphatic carbocycles. The first-order chi connectivity index (χ1) is 14.3. The molecule has 4 nitrogen and oxygen atoms in total. The van der Waals surface area contributed by atoms with Gasteiger partial charge >= 0.3 is 0 Å². The zero-order chi connectivity index (χ0) is 19.9. The Bertz CT molecular complexity index is 932. The van der Waals surface area contributed by atoms with Crippen molar-refractivity contribution in [1.29, 1.82) is 0 Å². The molecule has 3 N–H and O–H groups in total. The Balaban J connectivity index is 1.27. The van der Waals surface area contributed by atoms with Gasteiger partial charge in [-0.05, 0) is 54.7 Å².